The van der Waals surface area contributed by atoms with E-state index >= 15 is 0 Å². The Morgan fingerprint density at radius 1 is 1.17 bits per heavy atom. The number of hydrogen-bond donors (Lipinski definition) is 2. The highest BCUT2D eigenvalue weighted by Gasteiger charge is 2.05. The van der Waals surface area contributed by atoms with Crippen molar-refractivity contribution in [3.63, 3.8) is 0 Å². The molecule has 6 heteroatoms. The molecule has 3 N–H and O–H groups in total. The molecule has 24 heavy (non-hydrogen) atoms. The van der Waals surface area contributed by atoms with Crippen molar-refractivity contribution in [1.29, 1.82) is 0 Å². The summed E-state index contributed by atoms with van der Waals surface area (Å²) >= 11 is 0. The Kier molecular flexibility index (Phi) is 8.39. The van der Waals surface area contributed by atoms with Crippen LogP contribution in [0.25, 0.3) is 0 Å². The summed E-state index contributed by atoms with van der Waals surface area (Å²) in [4.78, 5) is 4.39. The van der Waals surface area contributed by atoms with E-state index in [1.54, 1.807) is 7.11 Å². The zero-order valence-corrected chi connectivity index (χ0v) is 16.5. The molecule has 2 aromatic carbocycles. The molecule has 0 atom stereocenters. The molecule has 0 unspecified atom stereocenters. The molecule has 0 amide bonds. The third-order valence-electron chi connectivity index (χ3n) is 3.31. The normalized spacial score (nSPS) is 10.7. The van der Waals surface area contributed by atoms with E-state index in [0.717, 1.165) is 28.3 Å². The number of ether oxygens (including phenoxy) is 2. The van der Waals surface area contributed by atoms with Gasteiger partial charge in [0.05, 0.1) is 25.9 Å². The summed E-state index contributed by atoms with van der Waals surface area (Å²) in [5, 5.41) is 3.06. The maximum atomic E-state index is 5.97. The van der Waals surface area contributed by atoms with Crippen LogP contribution in [0.1, 0.15) is 18.1 Å². The van der Waals surface area contributed by atoms with Gasteiger partial charge in [0.2, 0.25) is 0 Å². The first-order valence-corrected chi connectivity index (χ1v) is 7.56. The van der Waals surface area contributed by atoms with Gasteiger partial charge in [-0.1, -0.05) is 24.3 Å². The fourth-order valence-corrected chi connectivity index (χ4v) is 2.18. The summed E-state index contributed by atoms with van der Waals surface area (Å²) in [5.74, 6) is 1.90. The number of methoxy groups -OCH3 is 1. The zero-order chi connectivity index (χ0) is 16.7. The topological polar surface area (TPSA) is 68.9 Å². The lowest BCUT2D eigenvalue weighted by Gasteiger charge is -2.11. The Bertz CT molecular complexity index is 690. The van der Waals surface area contributed by atoms with Gasteiger partial charge in [-0.05, 0) is 37.6 Å². The standard InChI is InChI=1S/C18H23N3O2.HI/c1-4-23-17-11-13(2)9-10-14(17)12-20-18(19)21-15-7-5-6-8-16(15)22-3;/h5-11H,4,12H2,1-3H3,(H3,19,20,21);1H. The van der Waals surface area contributed by atoms with Gasteiger partial charge in [0.25, 0.3) is 0 Å². The summed E-state index contributed by atoms with van der Waals surface area (Å²) in [6.07, 6.45) is 0. The molecule has 0 bridgehead atoms. The Balaban J connectivity index is 0.00000288. The Hall–Kier alpha value is -1.96. The monoisotopic (exact) mass is 441 g/mol. The van der Waals surface area contributed by atoms with Crippen LogP contribution in [0.5, 0.6) is 11.5 Å². The first-order chi connectivity index (χ1) is 11.1. The predicted octanol–water partition coefficient (Wildman–Crippen LogP) is 3.95. The summed E-state index contributed by atoms with van der Waals surface area (Å²) < 4.78 is 10.9. The highest BCUT2D eigenvalue weighted by molar-refractivity contribution is 14.0. The van der Waals surface area contributed by atoms with E-state index in [-0.39, 0.29) is 24.0 Å². The van der Waals surface area contributed by atoms with Gasteiger partial charge < -0.3 is 20.5 Å². The van der Waals surface area contributed by atoms with Gasteiger partial charge >= 0.3 is 0 Å². The molecule has 0 saturated heterocycles. The number of rotatable bonds is 6. The second kappa shape index (κ2) is 10.0. The van der Waals surface area contributed by atoms with Crippen molar-refractivity contribution in [2.45, 2.75) is 20.4 Å². The number of guanidine groups is 1. The van der Waals surface area contributed by atoms with Crippen LogP contribution in [0.3, 0.4) is 0 Å². The molecule has 0 aliphatic carbocycles. The van der Waals surface area contributed by atoms with Crippen LogP contribution in [-0.2, 0) is 6.54 Å². The fraction of sp³-hybridized carbons (Fsp3) is 0.278. The maximum absolute atomic E-state index is 5.97. The number of para-hydroxylation sites is 2. The van der Waals surface area contributed by atoms with Crippen molar-refractivity contribution in [2.24, 2.45) is 10.7 Å². The second-order valence-electron chi connectivity index (χ2n) is 5.07. The van der Waals surface area contributed by atoms with Gasteiger partial charge in [-0.25, -0.2) is 4.99 Å². The lowest BCUT2D eigenvalue weighted by Crippen LogP contribution is -2.23. The SMILES string of the molecule is CCOc1cc(C)ccc1CN=C(N)Nc1ccccc1OC.I. The molecule has 0 spiro atoms. The van der Waals surface area contributed by atoms with Crippen molar-refractivity contribution in [2.75, 3.05) is 19.0 Å². The highest BCUT2D eigenvalue weighted by atomic mass is 127. The van der Waals surface area contributed by atoms with Crippen LogP contribution >= 0.6 is 24.0 Å². The molecule has 0 saturated carbocycles. The summed E-state index contributed by atoms with van der Waals surface area (Å²) in [7, 11) is 1.62. The third kappa shape index (κ3) is 5.59. The number of benzene rings is 2. The van der Waals surface area contributed by atoms with Gasteiger partial charge in [0.1, 0.15) is 11.5 Å². The summed E-state index contributed by atoms with van der Waals surface area (Å²) in [6.45, 7) is 5.07. The van der Waals surface area contributed by atoms with Crippen molar-refractivity contribution in [1.82, 2.24) is 0 Å². The minimum atomic E-state index is 0. The van der Waals surface area contributed by atoms with E-state index in [0.29, 0.717) is 19.1 Å². The first kappa shape index (κ1) is 20.1. The van der Waals surface area contributed by atoms with Crippen LogP contribution in [0.15, 0.2) is 47.5 Å². The first-order valence-electron chi connectivity index (χ1n) is 7.56. The third-order valence-corrected chi connectivity index (χ3v) is 3.31. The Labute approximate surface area is 160 Å². The van der Waals surface area contributed by atoms with Crippen LogP contribution in [0.2, 0.25) is 0 Å². The average Bonchev–Trinajstić information content (AvgIpc) is 2.55. The van der Waals surface area contributed by atoms with Crippen LogP contribution in [-0.4, -0.2) is 19.7 Å². The van der Waals surface area contributed by atoms with Gasteiger partial charge in [0, 0.05) is 5.56 Å². The number of halogens is 1. The second-order valence-corrected chi connectivity index (χ2v) is 5.07. The number of anilines is 1. The van der Waals surface area contributed by atoms with Crippen LogP contribution < -0.4 is 20.5 Å². The Morgan fingerprint density at radius 3 is 2.62 bits per heavy atom. The molecule has 0 fully saturated rings. The number of nitrogens with one attached hydrogen (secondary N) is 1. The number of nitrogens with two attached hydrogens (primary N) is 1. The largest absolute Gasteiger partial charge is 0.495 e. The van der Waals surface area contributed by atoms with E-state index in [9.17, 15) is 0 Å². The smallest absolute Gasteiger partial charge is 0.193 e. The number of nitrogens with zero attached hydrogens (tertiary/aromatic N) is 1. The molecule has 5 nitrogen and oxygen atoms in total. The van der Waals surface area contributed by atoms with Crippen molar-refractivity contribution in [3.05, 3.63) is 53.6 Å². The number of hydrogen-bond acceptors (Lipinski definition) is 3. The lowest BCUT2D eigenvalue weighted by atomic mass is 10.1. The van der Waals surface area contributed by atoms with Gasteiger partial charge in [-0.15, -0.1) is 24.0 Å². The molecule has 0 heterocycles. The average molecular weight is 441 g/mol. The molecule has 130 valence electrons. The minimum absolute atomic E-state index is 0. The van der Waals surface area contributed by atoms with Crippen molar-refractivity contribution >= 4 is 35.6 Å². The highest BCUT2D eigenvalue weighted by Crippen LogP contribution is 2.23. The molecule has 0 radical (unpaired) electrons. The molecule has 2 aromatic rings. The van der Waals surface area contributed by atoms with Crippen LogP contribution in [0.4, 0.5) is 5.69 Å². The van der Waals surface area contributed by atoms with Crippen molar-refractivity contribution in [3.8, 4) is 11.5 Å². The zero-order valence-electron chi connectivity index (χ0n) is 14.2. The molecular formula is C18H24IN3O2. The predicted molar refractivity (Wildman–Crippen MR) is 110 cm³/mol. The van der Waals surface area contributed by atoms with E-state index in [4.69, 9.17) is 15.2 Å². The Morgan fingerprint density at radius 2 is 1.92 bits per heavy atom. The van der Waals surface area contributed by atoms with E-state index in [1.165, 1.54) is 0 Å². The van der Waals surface area contributed by atoms with Gasteiger partial charge in [-0.3, -0.25) is 0 Å². The van der Waals surface area contributed by atoms with E-state index in [1.807, 2.05) is 56.3 Å². The molecule has 0 aromatic heterocycles. The van der Waals surface area contributed by atoms with Gasteiger partial charge in [-0.2, -0.15) is 0 Å². The van der Waals surface area contributed by atoms with Crippen LogP contribution in [0, 0.1) is 6.92 Å². The van der Waals surface area contributed by atoms with Crippen molar-refractivity contribution < 1.29 is 9.47 Å². The molecule has 2 rings (SSSR count). The lowest BCUT2D eigenvalue weighted by molar-refractivity contribution is 0.336. The number of aryl methyl sites for hydroxylation is 1. The molecular weight excluding hydrogens is 417 g/mol. The van der Waals surface area contributed by atoms with Gasteiger partial charge in [0.15, 0.2) is 5.96 Å². The summed E-state index contributed by atoms with van der Waals surface area (Å²) in [6, 6.07) is 13.6. The number of aliphatic imine (C=N–C) groups is 1. The van der Waals surface area contributed by atoms with E-state index < -0.39 is 0 Å². The van der Waals surface area contributed by atoms with E-state index in [2.05, 4.69) is 10.3 Å². The minimum Gasteiger partial charge on any atom is -0.495 e. The fourth-order valence-electron chi connectivity index (χ4n) is 2.18. The maximum Gasteiger partial charge on any atom is 0.193 e. The quantitative estimate of drug-likeness (QED) is 0.405. The molecule has 0 aliphatic rings. The summed E-state index contributed by atoms with van der Waals surface area (Å²) in [5.41, 5.74) is 8.91. The molecule has 0 aliphatic heterocycles.